The highest BCUT2D eigenvalue weighted by molar-refractivity contribution is 9.10. The topological polar surface area (TPSA) is 64.7 Å². The summed E-state index contributed by atoms with van der Waals surface area (Å²) in [6, 6.07) is 3.65. The molecule has 1 aromatic rings. The van der Waals surface area contributed by atoms with E-state index in [4.69, 9.17) is 15.2 Å². The predicted molar refractivity (Wildman–Crippen MR) is 63.8 cm³/mol. The smallest absolute Gasteiger partial charge is 0.175 e. The van der Waals surface area contributed by atoms with Gasteiger partial charge in [0.2, 0.25) is 0 Å². The molecule has 88 valence electrons. The third-order valence-electron chi connectivity index (χ3n) is 2.44. The molecule has 1 aliphatic heterocycles. The molecule has 3 N–H and O–H groups in total. The van der Waals surface area contributed by atoms with Crippen LogP contribution in [-0.2, 0) is 0 Å². The predicted octanol–water partition coefficient (Wildman–Crippen LogP) is 1.60. The van der Waals surface area contributed by atoms with Gasteiger partial charge < -0.3 is 20.3 Å². The molecule has 4 nitrogen and oxygen atoms in total. The van der Waals surface area contributed by atoms with Crippen molar-refractivity contribution in [1.82, 2.24) is 0 Å². The van der Waals surface area contributed by atoms with Gasteiger partial charge in [-0.1, -0.05) is 0 Å². The molecule has 0 unspecified atom stereocenters. The van der Waals surface area contributed by atoms with Crippen LogP contribution in [0.2, 0.25) is 0 Å². The number of halogens is 1. The van der Waals surface area contributed by atoms with Crippen molar-refractivity contribution < 1.29 is 14.6 Å². The van der Waals surface area contributed by atoms with Gasteiger partial charge in [-0.25, -0.2) is 0 Å². The summed E-state index contributed by atoms with van der Waals surface area (Å²) in [5, 5.41) is 9.85. The molecule has 0 bridgehead atoms. The molecule has 0 aliphatic carbocycles. The van der Waals surface area contributed by atoms with E-state index in [-0.39, 0.29) is 0 Å². The Labute approximate surface area is 102 Å². The van der Waals surface area contributed by atoms with Crippen molar-refractivity contribution >= 4 is 15.9 Å². The first kappa shape index (κ1) is 11.7. The maximum atomic E-state index is 9.85. The van der Waals surface area contributed by atoms with Gasteiger partial charge >= 0.3 is 0 Å². The van der Waals surface area contributed by atoms with Gasteiger partial charge in [0.25, 0.3) is 0 Å². The van der Waals surface area contributed by atoms with Crippen LogP contribution in [0.25, 0.3) is 0 Å². The maximum Gasteiger partial charge on any atom is 0.175 e. The lowest BCUT2D eigenvalue weighted by atomic mass is 10.1. The summed E-state index contributed by atoms with van der Waals surface area (Å²) in [6.45, 7) is 1.54. The fourth-order valence-electron chi connectivity index (χ4n) is 1.65. The highest BCUT2D eigenvalue weighted by Crippen LogP contribution is 2.40. The Morgan fingerprint density at radius 2 is 2.12 bits per heavy atom. The third-order valence-corrected chi connectivity index (χ3v) is 3.03. The zero-order valence-corrected chi connectivity index (χ0v) is 10.4. The number of rotatable bonds is 3. The van der Waals surface area contributed by atoms with Crippen LogP contribution in [0.3, 0.4) is 0 Å². The van der Waals surface area contributed by atoms with Crippen LogP contribution in [-0.4, -0.2) is 24.9 Å². The van der Waals surface area contributed by atoms with Gasteiger partial charge in [0.15, 0.2) is 11.5 Å². The molecular weight excluding hydrogens is 274 g/mol. The second kappa shape index (κ2) is 5.03. The van der Waals surface area contributed by atoms with E-state index in [9.17, 15) is 5.11 Å². The van der Waals surface area contributed by atoms with Gasteiger partial charge in [-0.3, -0.25) is 0 Å². The second-order valence-electron chi connectivity index (χ2n) is 3.62. The molecule has 0 amide bonds. The van der Waals surface area contributed by atoms with Gasteiger partial charge in [0.05, 0.1) is 10.6 Å². The van der Waals surface area contributed by atoms with Gasteiger partial charge in [-0.05, 0) is 46.6 Å². The number of aliphatic hydroxyl groups excluding tert-OH is 1. The molecule has 0 saturated carbocycles. The molecule has 1 aliphatic rings. The number of hydrogen-bond acceptors (Lipinski definition) is 4. The fraction of sp³-hybridized carbons (Fsp3) is 0.455. The lowest BCUT2D eigenvalue weighted by Gasteiger charge is -2.21. The Morgan fingerprint density at radius 3 is 2.88 bits per heavy atom. The summed E-state index contributed by atoms with van der Waals surface area (Å²) < 4.78 is 11.7. The molecule has 1 atom stereocenters. The Balaban J connectivity index is 2.31. The van der Waals surface area contributed by atoms with Crippen LogP contribution in [0.15, 0.2) is 16.6 Å². The Morgan fingerprint density at radius 1 is 1.38 bits per heavy atom. The van der Waals surface area contributed by atoms with Gasteiger partial charge in [-0.15, -0.1) is 0 Å². The summed E-state index contributed by atoms with van der Waals surface area (Å²) in [4.78, 5) is 0. The van der Waals surface area contributed by atoms with Crippen molar-refractivity contribution in [3.8, 4) is 11.5 Å². The van der Waals surface area contributed by atoms with Crippen LogP contribution in [0, 0.1) is 0 Å². The highest BCUT2D eigenvalue weighted by atomic mass is 79.9. The van der Waals surface area contributed by atoms with Gasteiger partial charge in [0, 0.05) is 0 Å². The molecule has 16 heavy (non-hydrogen) atoms. The molecule has 0 aromatic heterocycles. The van der Waals surface area contributed by atoms with Crippen LogP contribution >= 0.6 is 15.9 Å². The standard InChI is InChI=1S/C11H14BrNO3/c12-8-5-7(9(14)1-2-13)6-10-11(8)16-4-3-15-10/h5-6,9,14H,1-4,13H2/t9-/m0/s1. The van der Waals surface area contributed by atoms with Crippen molar-refractivity contribution in [3.63, 3.8) is 0 Å². The summed E-state index contributed by atoms with van der Waals surface area (Å²) >= 11 is 3.40. The lowest BCUT2D eigenvalue weighted by Crippen LogP contribution is -2.16. The van der Waals surface area contributed by atoms with E-state index in [2.05, 4.69) is 15.9 Å². The van der Waals surface area contributed by atoms with Gasteiger partial charge in [0.1, 0.15) is 13.2 Å². The minimum absolute atomic E-state index is 0.452. The molecule has 2 rings (SSSR count). The fourth-order valence-corrected chi connectivity index (χ4v) is 2.22. The molecule has 0 spiro atoms. The first-order valence-corrected chi connectivity index (χ1v) is 5.99. The Hall–Kier alpha value is -0.780. The number of ether oxygens (including phenoxy) is 2. The molecule has 1 aromatic carbocycles. The normalized spacial score (nSPS) is 15.9. The minimum Gasteiger partial charge on any atom is -0.486 e. The number of hydrogen-bond donors (Lipinski definition) is 2. The zero-order valence-electron chi connectivity index (χ0n) is 8.78. The van der Waals surface area contributed by atoms with Gasteiger partial charge in [-0.2, -0.15) is 0 Å². The van der Waals surface area contributed by atoms with Crippen LogP contribution in [0.5, 0.6) is 11.5 Å². The maximum absolute atomic E-state index is 9.85. The summed E-state index contributed by atoms with van der Waals surface area (Å²) in [7, 11) is 0. The van der Waals surface area contributed by atoms with E-state index < -0.39 is 6.10 Å². The average Bonchev–Trinajstić information content (AvgIpc) is 2.29. The first-order valence-electron chi connectivity index (χ1n) is 5.19. The molecule has 0 saturated heterocycles. The summed E-state index contributed by atoms with van der Waals surface area (Å²) in [5.41, 5.74) is 6.21. The van der Waals surface area contributed by atoms with Crippen molar-refractivity contribution in [2.45, 2.75) is 12.5 Å². The zero-order chi connectivity index (χ0) is 11.5. The molecule has 0 fully saturated rings. The number of aliphatic hydroxyl groups is 1. The van der Waals surface area contributed by atoms with Crippen LogP contribution in [0.1, 0.15) is 18.1 Å². The Bertz CT molecular complexity index is 384. The van der Waals surface area contributed by atoms with Crippen LogP contribution in [0.4, 0.5) is 0 Å². The van der Waals surface area contributed by atoms with Crippen LogP contribution < -0.4 is 15.2 Å². The van der Waals surface area contributed by atoms with E-state index >= 15 is 0 Å². The lowest BCUT2D eigenvalue weighted by molar-refractivity contribution is 0.160. The summed E-state index contributed by atoms with van der Waals surface area (Å²) in [5.74, 6) is 1.38. The van der Waals surface area contributed by atoms with Crippen molar-refractivity contribution in [2.24, 2.45) is 5.73 Å². The molecular formula is C11H14BrNO3. The average molecular weight is 288 g/mol. The molecule has 0 radical (unpaired) electrons. The van der Waals surface area contributed by atoms with E-state index in [1.807, 2.05) is 6.07 Å². The van der Waals surface area contributed by atoms with E-state index in [0.717, 1.165) is 10.0 Å². The van der Waals surface area contributed by atoms with Crippen molar-refractivity contribution in [1.29, 1.82) is 0 Å². The van der Waals surface area contributed by atoms with Crippen molar-refractivity contribution in [2.75, 3.05) is 19.8 Å². The highest BCUT2D eigenvalue weighted by Gasteiger charge is 2.18. The first-order chi connectivity index (χ1) is 7.72. The summed E-state index contributed by atoms with van der Waals surface area (Å²) in [6.07, 6.45) is -0.0244. The van der Waals surface area contributed by atoms with E-state index in [1.165, 1.54) is 0 Å². The van der Waals surface area contributed by atoms with Crippen molar-refractivity contribution in [3.05, 3.63) is 22.2 Å². The monoisotopic (exact) mass is 287 g/mol. The number of benzene rings is 1. The molecule has 5 heteroatoms. The SMILES string of the molecule is NCC[C@H](O)c1cc(Br)c2c(c1)OCCO2. The largest absolute Gasteiger partial charge is 0.486 e. The molecule has 1 heterocycles. The minimum atomic E-state index is -0.558. The third kappa shape index (κ3) is 2.31. The number of fused-ring (bicyclic) bond motifs is 1. The van der Waals surface area contributed by atoms with E-state index in [0.29, 0.717) is 37.7 Å². The number of nitrogens with two attached hydrogens (primary N) is 1. The quantitative estimate of drug-likeness (QED) is 0.886. The Kier molecular flexibility index (Phi) is 3.68. The second-order valence-corrected chi connectivity index (χ2v) is 4.47. The van der Waals surface area contributed by atoms with E-state index in [1.54, 1.807) is 6.07 Å².